The van der Waals surface area contributed by atoms with Crippen molar-refractivity contribution in [3.8, 4) is 0 Å². The van der Waals surface area contributed by atoms with Crippen molar-refractivity contribution < 1.29 is 0 Å². The second kappa shape index (κ2) is 6.85. The van der Waals surface area contributed by atoms with Gasteiger partial charge >= 0.3 is 0 Å². The molecule has 0 amide bonds. The average Bonchev–Trinajstić information content (AvgIpc) is 2.44. The molecule has 0 radical (unpaired) electrons. The molecule has 0 nitrogen and oxygen atoms in total. The highest BCUT2D eigenvalue weighted by molar-refractivity contribution is 5.31. The fourth-order valence-electron chi connectivity index (χ4n) is 3.45. The first-order valence-electron chi connectivity index (χ1n) is 9.74. The lowest BCUT2D eigenvalue weighted by Crippen LogP contribution is -2.36. The number of rotatable bonds is 6. The fourth-order valence-corrected chi connectivity index (χ4v) is 3.45. The summed E-state index contributed by atoms with van der Waals surface area (Å²) in [7, 11) is 0. The minimum absolute atomic E-state index is 0.193. The predicted octanol–water partition coefficient (Wildman–Crippen LogP) is 7.97. The van der Waals surface area contributed by atoms with Crippen LogP contribution in [0.4, 0.5) is 0 Å². The largest absolute Gasteiger partial charge is 0.0649 e. The van der Waals surface area contributed by atoms with Crippen molar-refractivity contribution >= 4 is 0 Å². The maximum atomic E-state index is 2.41. The summed E-state index contributed by atoms with van der Waals surface area (Å²) in [5, 5.41) is 0. The summed E-state index contributed by atoms with van der Waals surface area (Å²) in [6.07, 6.45) is 2.40. The fraction of sp³-hybridized carbons (Fsp3) is 0.750. The van der Waals surface area contributed by atoms with E-state index in [1.54, 1.807) is 0 Å². The molecule has 0 bridgehead atoms. The zero-order chi connectivity index (χ0) is 19.0. The first-order valence-corrected chi connectivity index (χ1v) is 9.74. The number of hydrogen-bond acceptors (Lipinski definition) is 0. The van der Waals surface area contributed by atoms with Crippen LogP contribution in [-0.4, -0.2) is 0 Å². The molecule has 0 aliphatic carbocycles. The van der Waals surface area contributed by atoms with Gasteiger partial charge in [-0.25, -0.2) is 0 Å². The van der Waals surface area contributed by atoms with Crippen LogP contribution in [0.1, 0.15) is 106 Å². The molecule has 0 aromatic heterocycles. The van der Waals surface area contributed by atoms with Gasteiger partial charge in [0.2, 0.25) is 0 Å². The van der Waals surface area contributed by atoms with E-state index in [0.29, 0.717) is 22.2 Å². The van der Waals surface area contributed by atoms with Crippen molar-refractivity contribution in [1.29, 1.82) is 0 Å². The van der Waals surface area contributed by atoms with Gasteiger partial charge < -0.3 is 0 Å². The summed E-state index contributed by atoms with van der Waals surface area (Å²) >= 11 is 0. The lowest BCUT2D eigenvalue weighted by molar-refractivity contribution is 0.0917. The lowest BCUT2D eigenvalue weighted by atomic mass is 9.61. The van der Waals surface area contributed by atoms with Crippen molar-refractivity contribution in [3.63, 3.8) is 0 Å². The van der Waals surface area contributed by atoms with E-state index in [2.05, 4.69) is 100 Å². The minimum Gasteiger partial charge on any atom is -0.0649 e. The standard InChI is InChI=1S/C24H42/c1-12-22(6,7)18(2)19-13-15-20(16-14-19)23(8,9)17-24(10,11)21(3,4)5/h13-16,18H,12,17H2,1-11H3. The van der Waals surface area contributed by atoms with Crippen LogP contribution in [0.15, 0.2) is 24.3 Å². The minimum atomic E-state index is 0.193. The Morgan fingerprint density at radius 3 is 1.62 bits per heavy atom. The Bertz CT molecular complexity index is 520. The molecule has 0 N–H and O–H groups in total. The SMILES string of the molecule is CCC(C)(C)C(C)c1ccc(C(C)(C)CC(C)(C)C(C)(C)C)cc1. The van der Waals surface area contributed by atoms with E-state index in [0.717, 1.165) is 0 Å². The Morgan fingerprint density at radius 1 is 0.792 bits per heavy atom. The monoisotopic (exact) mass is 330 g/mol. The highest BCUT2D eigenvalue weighted by Gasteiger charge is 2.38. The van der Waals surface area contributed by atoms with Gasteiger partial charge in [0.1, 0.15) is 0 Å². The van der Waals surface area contributed by atoms with E-state index in [4.69, 9.17) is 0 Å². The zero-order valence-corrected chi connectivity index (χ0v) is 18.3. The third-order valence-electron chi connectivity index (χ3n) is 7.19. The van der Waals surface area contributed by atoms with Gasteiger partial charge in [-0.3, -0.25) is 0 Å². The number of benzene rings is 1. The summed E-state index contributed by atoms with van der Waals surface area (Å²) < 4.78 is 0. The van der Waals surface area contributed by atoms with Crippen LogP contribution in [0.3, 0.4) is 0 Å². The van der Waals surface area contributed by atoms with Gasteiger partial charge in [-0.05, 0) is 45.1 Å². The molecule has 0 spiro atoms. The third kappa shape index (κ3) is 4.64. The van der Waals surface area contributed by atoms with Gasteiger partial charge in [-0.15, -0.1) is 0 Å². The Hall–Kier alpha value is -0.780. The van der Waals surface area contributed by atoms with Crippen LogP contribution < -0.4 is 0 Å². The van der Waals surface area contributed by atoms with E-state index < -0.39 is 0 Å². The molecule has 24 heavy (non-hydrogen) atoms. The normalized spacial score (nSPS) is 15.5. The van der Waals surface area contributed by atoms with Crippen LogP contribution >= 0.6 is 0 Å². The molecule has 0 aliphatic rings. The molecular weight excluding hydrogens is 288 g/mol. The predicted molar refractivity (Wildman–Crippen MR) is 110 cm³/mol. The van der Waals surface area contributed by atoms with Crippen LogP contribution in [0.25, 0.3) is 0 Å². The first-order chi connectivity index (χ1) is 10.6. The topological polar surface area (TPSA) is 0 Å². The van der Waals surface area contributed by atoms with Crippen molar-refractivity contribution in [2.24, 2.45) is 16.2 Å². The van der Waals surface area contributed by atoms with E-state index >= 15 is 0 Å². The molecular formula is C24H42. The van der Waals surface area contributed by atoms with E-state index in [-0.39, 0.29) is 5.41 Å². The second-order valence-electron chi connectivity index (χ2n) is 10.9. The van der Waals surface area contributed by atoms with Gasteiger partial charge in [0.15, 0.2) is 0 Å². The molecule has 0 heteroatoms. The molecule has 0 aliphatic heterocycles. The lowest BCUT2D eigenvalue weighted by Gasteiger charge is -2.44. The smallest absolute Gasteiger partial charge is 0.00983 e. The van der Waals surface area contributed by atoms with Crippen LogP contribution in [0.2, 0.25) is 0 Å². The second-order valence-corrected chi connectivity index (χ2v) is 10.9. The zero-order valence-electron chi connectivity index (χ0n) is 18.3. The molecule has 1 rings (SSSR count). The molecule has 1 unspecified atom stereocenters. The first kappa shape index (κ1) is 21.3. The highest BCUT2D eigenvalue weighted by atomic mass is 14.4. The average molecular weight is 331 g/mol. The maximum absolute atomic E-state index is 2.41. The summed E-state index contributed by atoms with van der Waals surface area (Å²) in [4.78, 5) is 0. The molecule has 1 aromatic carbocycles. The summed E-state index contributed by atoms with van der Waals surface area (Å²) in [5.74, 6) is 0.589. The van der Waals surface area contributed by atoms with Gasteiger partial charge in [-0.2, -0.15) is 0 Å². The van der Waals surface area contributed by atoms with Crippen molar-refractivity contribution in [1.82, 2.24) is 0 Å². The summed E-state index contributed by atoms with van der Waals surface area (Å²) in [6, 6.07) is 9.47. The van der Waals surface area contributed by atoms with E-state index in [1.807, 2.05) is 0 Å². The van der Waals surface area contributed by atoms with Gasteiger partial charge in [0.25, 0.3) is 0 Å². The van der Waals surface area contributed by atoms with Crippen molar-refractivity contribution in [2.75, 3.05) is 0 Å². The van der Waals surface area contributed by atoms with E-state index in [1.165, 1.54) is 24.0 Å². The third-order valence-corrected chi connectivity index (χ3v) is 7.19. The maximum Gasteiger partial charge on any atom is -0.00983 e. The van der Waals surface area contributed by atoms with Gasteiger partial charge in [0, 0.05) is 0 Å². The van der Waals surface area contributed by atoms with Crippen LogP contribution in [0, 0.1) is 16.2 Å². The number of hydrogen-bond donors (Lipinski definition) is 0. The Morgan fingerprint density at radius 2 is 1.25 bits per heavy atom. The molecule has 0 fully saturated rings. The molecule has 0 heterocycles. The Labute approximate surface area is 152 Å². The van der Waals surface area contributed by atoms with E-state index in [9.17, 15) is 0 Å². The van der Waals surface area contributed by atoms with Crippen molar-refractivity contribution in [2.45, 2.75) is 100 Å². The highest BCUT2D eigenvalue weighted by Crippen LogP contribution is 2.47. The van der Waals surface area contributed by atoms with Gasteiger partial charge in [0.05, 0.1) is 0 Å². The van der Waals surface area contributed by atoms with Crippen molar-refractivity contribution in [3.05, 3.63) is 35.4 Å². The molecule has 0 saturated carbocycles. The molecule has 138 valence electrons. The molecule has 1 atom stereocenters. The molecule has 1 aromatic rings. The Balaban J connectivity index is 3.04. The summed E-state index contributed by atoms with van der Waals surface area (Å²) in [6.45, 7) is 26.1. The Kier molecular flexibility index (Phi) is 6.07. The van der Waals surface area contributed by atoms with Gasteiger partial charge in [-0.1, -0.05) is 107 Å². The summed E-state index contributed by atoms with van der Waals surface area (Å²) in [5.41, 5.74) is 4.09. The van der Waals surface area contributed by atoms with Crippen LogP contribution in [-0.2, 0) is 5.41 Å². The quantitative estimate of drug-likeness (QED) is 0.496. The molecule has 0 saturated heterocycles. The van der Waals surface area contributed by atoms with Crippen LogP contribution in [0.5, 0.6) is 0 Å².